The molecule has 1 aromatic heterocycles. The van der Waals surface area contributed by atoms with E-state index in [2.05, 4.69) is 10.1 Å². The Bertz CT molecular complexity index is 609. The zero-order valence-electron chi connectivity index (χ0n) is 11.4. The summed E-state index contributed by atoms with van der Waals surface area (Å²) in [5.74, 6) is 0.505. The molecule has 0 unspecified atom stereocenters. The number of hydrogen-bond acceptors (Lipinski definition) is 6. The average Bonchev–Trinajstić information content (AvgIpc) is 2.92. The lowest BCUT2D eigenvalue weighted by Crippen LogP contribution is -2.12. The van der Waals surface area contributed by atoms with Gasteiger partial charge in [-0.25, -0.2) is 14.5 Å². The van der Waals surface area contributed by atoms with Crippen LogP contribution in [0.4, 0.5) is 5.69 Å². The highest BCUT2D eigenvalue weighted by Gasteiger charge is 2.15. The van der Waals surface area contributed by atoms with Gasteiger partial charge in [-0.1, -0.05) is 6.07 Å². The van der Waals surface area contributed by atoms with Gasteiger partial charge in [0.05, 0.1) is 18.4 Å². The van der Waals surface area contributed by atoms with Crippen LogP contribution in [-0.4, -0.2) is 27.8 Å². The smallest absolute Gasteiger partial charge is 0.340 e. The number of methoxy groups -OCH3 is 1. The van der Waals surface area contributed by atoms with Crippen molar-refractivity contribution in [1.82, 2.24) is 14.8 Å². The maximum atomic E-state index is 12.0. The predicted octanol–water partition coefficient (Wildman–Crippen LogP) is 1.25. The summed E-state index contributed by atoms with van der Waals surface area (Å²) in [5, 5.41) is 4.00. The molecule has 0 fully saturated rings. The van der Waals surface area contributed by atoms with Crippen molar-refractivity contribution < 1.29 is 14.3 Å². The predicted molar refractivity (Wildman–Crippen MR) is 72.2 cm³/mol. The van der Waals surface area contributed by atoms with Crippen molar-refractivity contribution in [3.8, 4) is 5.75 Å². The number of carbonyl (C=O) groups excluding carboxylic acids is 1. The van der Waals surface area contributed by atoms with Crippen LogP contribution in [0.15, 0.2) is 24.5 Å². The van der Waals surface area contributed by atoms with Crippen LogP contribution in [0, 0.1) is 0 Å². The van der Waals surface area contributed by atoms with Crippen molar-refractivity contribution in [2.75, 3.05) is 12.8 Å². The number of nitrogen functional groups attached to an aromatic ring is 1. The quantitative estimate of drug-likeness (QED) is 0.652. The Morgan fingerprint density at radius 1 is 1.45 bits per heavy atom. The first-order valence-electron chi connectivity index (χ1n) is 6.13. The van der Waals surface area contributed by atoms with Gasteiger partial charge in [-0.2, -0.15) is 5.10 Å². The van der Waals surface area contributed by atoms with Gasteiger partial charge < -0.3 is 15.2 Å². The number of aromatic nitrogens is 3. The van der Waals surface area contributed by atoms with E-state index in [9.17, 15) is 4.79 Å². The number of benzene rings is 1. The second kappa shape index (κ2) is 6.05. The van der Waals surface area contributed by atoms with E-state index < -0.39 is 5.97 Å². The number of anilines is 1. The molecule has 0 saturated heterocycles. The molecule has 106 valence electrons. The average molecular weight is 276 g/mol. The second-order valence-electron chi connectivity index (χ2n) is 3.99. The molecule has 2 aromatic rings. The van der Waals surface area contributed by atoms with Crippen molar-refractivity contribution in [2.24, 2.45) is 0 Å². The number of ether oxygens (including phenoxy) is 2. The van der Waals surface area contributed by atoms with Crippen LogP contribution in [0.2, 0.25) is 0 Å². The van der Waals surface area contributed by atoms with E-state index in [4.69, 9.17) is 15.2 Å². The van der Waals surface area contributed by atoms with E-state index in [1.165, 1.54) is 13.4 Å². The Kier molecular flexibility index (Phi) is 4.19. The normalized spacial score (nSPS) is 10.3. The molecule has 7 nitrogen and oxygen atoms in total. The molecule has 0 atom stereocenters. The summed E-state index contributed by atoms with van der Waals surface area (Å²) in [4.78, 5) is 16.0. The highest BCUT2D eigenvalue weighted by atomic mass is 16.5. The van der Waals surface area contributed by atoms with E-state index in [0.717, 1.165) is 0 Å². The van der Waals surface area contributed by atoms with Gasteiger partial charge in [-0.3, -0.25) is 0 Å². The Labute approximate surface area is 116 Å². The standard InChI is InChI=1S/C13H16N4O3/c1-3-17-11(15-8-16-17)7-20-13(18)9-5-4-6-10(19-2)12(9)14/h4-6,8H,3,7,14H2,1-2H3. The van der Waals surface area contributed by atoms with Gasteiger partial charge in [0, 0.05) is 6.54 Å². The summed E-state index contributed by atoms with van der Waals surface area (Å²) in [6.07, 6.45) is 1.42. The number of nitrogens with two attached hydrogens (primary N) is 1. The minimum atomic E-state index is -0.521. The van der Waals surface area contributed by atoms with E-state index in [1.54, 1.807) is 22.9 Å². The van der Waals surface area contributed by atoms with Gasteiger partial charge in [-0.15, -0.1) is 0 Å². The minimum absolute atomic E-state index is 0.0450. The third kappa shape index (κ3) is 2.71. The molecule has 2 rings (SSSR count). The summed E-state index contributed by atoms with van der Waals surface area (Å²) in [6, 6.07) is 4.95. The lowest BCUT2D eigenvalue weighted by molar-refractivity contribution is 0.0458. The van der Waals surface area contributed by atoms with E-state index >= 15 is 0 Å². The summed E-state index contributed by atoms with van der Waals surface area (Å²) < 4.78 is 11.9. The highest BCUT2D eigenvalue weighted by Crippen LogP contribution is 2.25. The lowest BCUT2D eigenvalue weighted by atomic mass is 10.1. The zero-order chi connectivity index (χ0) is 14.5. The molecule has 1 heterocycles. The third-order valence-electron chi connectivity index (χ3n) is 2.83. The molecule has 0 spiro atoms. The van der Waals surface area contributed by atoms with E-state index in [1.807, 2.05) is 6.92 Å². The number of hydrogen-bond donors (Lipinski definition) is 1. The molecule has 0 aliphatic heterocycles. The van der Waals surface area contributed by atoms with Gasteiger partial charge in [-0.05, 0) is 19.1 Å². The lowest BCUT2D eigenvalue weighted by Gasteiger charge is -2.10. The van der Waals surface area contributed by atoms with Gasteiger partial charge in [0.25, 0.3) is 0 Å². The second-order valence-corrected chi connectivity index (χ2v) is 3.99. The molecule has 20 heavy (non-hydrogen) atoms. The topological polar surface area (TPSA) is 92.3 Å². The minimum Gasteiger partial charge on any atom is -0.495 e. The van der Waals surface area contributed by atoms with Crippen LogP contribution in [0.1, 0.15) is 23.1 Å². The maximum absolute atomic E-state index is 12.0. The molecular formula is C13H16N4O3. The van der Waals surface area contributed by atoms with Crippen LogP contribution < -0.4 is 10.5 Å². The van der Waals surface area contributed by atoms with Gasteiger partial charge in [0.1, 0.15) is 12.1 Å². The SMILES string of the molecule is CCn1ncnc1COC(=O)c1cccc(OC)c1N. The molecule has 7 heteroatoms. The fourth-order valence-corrected chi connectivity index (χ4v) is 1.77. The Morgan fingerprint density at radius 3 is 2.95 bits per heavy atom. The molecule has 0 saturated carbocycles. The van der Waals surface area contributed by atoms with E-state index in [0.29, 0.717) is 18.1 Å². The summed E-state index contributed by atoms with van der Waals surface area (Å²) in [7, 11) is 1.49. The van der Waals surface area contributed by atoms with Crippen LogP contribution in [-0.2, 0) is 17.9 Å². The van der Waals surface area contributed by atoms with Crippen molar-refractivity contribution >= 4 is 11.7 Å². The molecule has 0 amide bonds. The highest BCUT2D eigenvalue weighted by molar-refractivity contribution is 5.96. The van der Waals surface area contributed by atoms with E-state index in [-0.39, 0.29) is 17.9 Å². The molecule has 1 aromatic carbocycles. The summed E-state index contributed by atoms with van der Waals surface area (Å²) in [5.41, 5.74) is 6.37. The molecule has 0 bridgehead atoms. The summed E-state index contributed by atoms with van der Waals surface area (Å²) >= 11 is 0. The number of carbonyl (C=O) groups is 1. The number of nitrogens with zero attached hydrogens (tertiary/aromatic N) is 3. The van der Waals surface area contributed by atoms with Crippen molar-refractivity contribution in [3.05, 3.63) is 35.9 Å². The monoisotopic (exact) mass is 276 g/mol. The Morgan fingerprint density at radius 2 is 2.25 bits per heavy atom. The van der Waals surface area contributed by atoms with Crippen LogP contribution >= 0.6 is 0 Å². The molecule has 0 aliphatic rings. The molecule has 0 aliphatic carbocycles. The number of rotatable bonds is 5. The Hall–Kier alpha value is -2.57. The van der Waals surface area contributed by atoms with Crippen LogP contribution in [0.3, 0.4) is 0 Å². The van der Waals surface area contributed by atoms with Crippen molar-refractivity contribution in [2.45, 2.75) is 20.1 Å². The number of aryl methyl sites for hydroxylation is 1. The van der Waals surface area contributed by atoms with Gasteiger partial charge >= 0.3 is 5.97 Å². The first kappa shape index (κ1) is 13.9. The van der Waals surface area contributed by atoms with Crippen LogP contribution in [0.25, 0.3) is 0 Å². The van der Waals surface area contributed by atoms with Gasteiger partial charge in [0.2, 0.25) is 0 Å². The first-order chi connectivity index (χ1) is 9.67. The molecule has 2 N–H and O–H groups in total. The molecule has 0 radical (unpaired) electrons. The number of esters is 1. The fourth-order valence-electron chi connectivity index (χ4n) is 1.77. The van der Waals surface area contributed by atoms with Crippen LogP contribution in [0.5, 0.6) is 5.75 Å². The van der Waals surface area contributed by atoms with Crippen molar-refractivity contribution in [3.63, 3.8) is 0 Å². The zero-order valence-corrected chi connectivity index (χ0v) is 11.4. The Balaban J connectivity index is 2.09. The maximum Gasteiger partial charge on any atom is 0.340 e. The fraction of sp³-hybridized carbons (Fsp3) is 0.308. The van der Waals surface area contributed by atoms with Crippen molar-refractivity contribution in [1.29, 1.82) is 0 Å². The van der Waals surface area contributed by atoms with Gasteiger partial charge in [0.15, 0.2) is 12.4 Å². The third-order valence-corrected chi connectivity index (χ3v) is 2.83. The largest absolute Gasteiger partial charge is 0.495 e. The summed E-state index contributed by atoms with van der Waals surface area (Å²) in [6.45, 7) is 2.64. The molecular weight excluding hydrogens is 260 g/mol. The first-order valence-corrected chi connectivity index (χ1v) is 6.13. The number of para-hydroxylation sites is 1.